The average Bonchev–Trinajstić information content (AvgIpc) is 2.72. The molecule has 0 saturated heterocycles. The predicted octanol–water partition coefficient (Wildman–Crippen LogP) is 6.25. The van der Waals surface area contributed by atoms with E-state index in [1.807, 2.05) is 0 Å². The molecule has 0 amide bonds. The Bertz CT molecular complexity index is 873. The normalized spacial score (nSPS) is 11.3. The Kier molecular flexibility index (Phi) is 4.41. The molecule has 0 aliphatic carbocycles. The third kappa shape index (κ3) is 2.64. The topological polar surface area (TPSA) is 0 Å². The van der Waals surface area contributed by atoms with Crippen molar-refractivity contribution in [3.8, 4) is 0 Å². The van der Waals surface area contributed by atoms with Gasteiger partial charge in [-0.3, -0.25) is 0 Å². The predicted molar refractivity (Wildman–Crippen MR) is 109 cm³/mol. The second-order valence-electron chi connectivity index (χ2n) is 6.51. The van der Waals surface area contributed by atoms with Gasteiger partial charge in [0.1, 0.15) is 0 Å². The first-order valence-electron chi connectivity index (χ1n) is 8.91. The summed E-state index contributed by atoms with van der Waals surface area (Å²) in [5.74, 6) is 0. The summed E-state index contributed by atoms with van der Waals surface area (Å²) in [5.41, 5.74) is 5.59. The highest BCUT2D eigenvalue weighted by Gasteiger charge is 2.38. The first-order valence-corrected chi connectivity index (χ1v) is 8.91. The van der Waals surface area contributed by atoms with Crippen LogP contribution >= 0.6 is 0 Å². The van der Waals surface area contributed by atoms with Crippen molar-refractivity contribution in [3.63, 3.8) is 0 Å². The first kappa shape index (κ1) is 16.4. The van der Waals surface area contributed by atoms with Gasteiger partial charge in [0, 0.05) is 0 Å². The summed E-state index contributed by atoms with van der Waals surface area (Å²) in [6.07, 6.45) is 0. The molecule has 0 heteroatoms. The van der Waals surface area contributed by atoms with Gasteiger partial charge in [-0.2, -0.15) is 0 Å². The minimum absolute atomic E-state index is 0.401. The zero-order valence-electron chi connectivity index (χ0n) is 14.7. The van der Waals surface area contributed by atoms with Crippen LogP contribution in [0, 0.1) is 6.92 Å². The molecule has 125 valence electrons. The quantitative estimate of drug-likeness (QED) is 0.387. The minimum Gasteiger partial charge on any atom is -0.0622 e. The Morgan fingerprint density at radius 2 is 0.769 bits per heavy atom. The fourth-order valence-electron chi connectivity index (χ4n) is 3.92. The van der Waals surface area contributed by atoms with E-state index in [1.165, 1.54) is 22.3 Å². The van der Waals surface area contributed by atoms with E-state index in [9.17, 15) is 0 Å². The molecule has 1 radical (unpaired) electrons. The van der Waals surface area contributed by atoms with Gasteiger partial charge in [-0.1, -0.05) is 115 Å². The molecule has 4 aromatic rings. The second-order valence-corrected chi connectivity index (χ2v) is 6.51. The summed E-state index contributed by atoms with van der Waals surface area (Å²) in [6.45, 7) is 4.36. The fourth-order valence-corrected chi connectivity index (χ4v) is 3.92. The van der Waals surface area contributed by atoms with E-state index in [-0.39, 0.29) is 0 Å². The third-order valence-corrected chi connectivity index (χ3v) is 5.04. The molecular weight excluding hydrogens is 312 g/mol. The maximum Gasteiger partial charge on any atom is 0.0704 e. The maximum atomic E-state index is 4.36. The van der Waals surface area contributed by atoms with Gasteiger partial charge in [0.05, 0.1) is 5.41 Å². The van der Waals surface area contributed by atoms with Gasteiger partial charge in [0.25, 0.3) is 0 Å². The molecule has 0 heterocycles. The zero-order chi connectivity index (χ0) is 17.8. The molecular formula is C26H21. The van der Waals surface area contributed by atoms with Crippen LogP contribution in [-0.4, -0.2) is 0 Å². The van der Waals surface area contributed by atoms with E-state index < -0.39 is 5.41 Å². The highest BCUT2D eigenvalue weighted by atomic mass is 14.4. The van der Waals surface area contributed by atoms with Gasteiger partial charge in [-0.05, 0) is 34.7 Å². The number of rotatable bonds is 4. The highest BCUT2D eigenvalue weighted by Crippen LogP contribution is 2.45. The van der Waals surface area contributed by atoms with Crippen LogP contribution in [0.2, 0.25) is 0 Å². The van der Waals surface area contributed by atoms with Crippen molar-refractivity contribution in [3.05, 3.63) is 150 Å². The Morgan fingerprint density at radius 3 is 1.15 bits per heavy atom. The number of hydrogen-bond donors (Lipinski definition) is 0. The molecule has 0 saturated carbocycles. The molecule has 4 rings (SSSR count). The highest BCUT2D eigenvalue weighted by molar-refractivity contribution is 5.61. The smallest absolute Gasteiger partial charge is 0.0622 e. The lowest BCUT2D eigenvalue weighted by Crippen LogP contribution is -2.31. The molecule has 0 spiro atoms. The van der Waals surface area contributed by atoms with Crippen LogP contribution in [-0.2, 0) is 5.41 Å². The summed E-state index contributed by atoms with van der Waals surface area (Å²) >= 11 is 0. The molecule has 0 unspecified atom stereocenters. The summed E-state index contributed by atoms with van der Waals surface area (Å²) in [4.78, 5) is 0. The van der Waals surface area contributed by atoms with Crippen LogP contribution in [0.3, 0.4) is 0 Å². The van der Waals surface area contributed by atoms with Crippen molar-refractivity contribution >= 4 is 0 Å². The summed E-state index contributed by atoms with van der Waals surface area (Å²) in [5, 5.41) is 0. The van der Waals surface area contributed by atoms with Crippen molar-refractivity contribution in [2.45, 2.75) is 5.41 Å². The zero-order valence-corrected chi connectivity index (χ0v) is 14.7. The van der Waals surface area contributed by atoms with Crippen molar-refractivity contribution < 1.29 is 0 Å². The van der Waals surface area contributed by atoms with Crippen LogP contribution in [0.4, 0.5) is 0 Å². The fraction of sp³-hybridized carbons (Fsp3) is 0.0385. The second kappa shape index (κ2) is 7.01. The van der Waals surface area contributed by atoms with Crippen LogP contribution < -0.4 is 0 Å². The Labute approximate surface area is 155 Å². The average molecular weight is 333 g/mol. The number of benzene rings is 4. The third-order valence-electron chi connectivity index (χ3n) is 5.04. The van der Waals surface area contributed by atoms with Crippen molar-refractivity contribution in [1.29, 1.82) is 0 Å². The molecule has 0 fully saturated rings. The SMILES string of the molecule is [CH2]c1ccccc1C(c1ccccc1)(c1ccccc1)c1ccccc1. The van der Waals surface area contributed by atoms with Crippen LogP contribution in [0.25, 0.3) is 0 Å². The van der Waals surface area contributed by atoms with Gasteiger partial charge in [-0.25, -0.2) is 0 Å². The lowest BCUT2D eigenvalue weighted by Gasteiger charge is -2.37. The molecule has 26 heavy (non-hydrogen) atoms. The largest absolute Gasteiger partial charge is 0.0704 e. The molecule has 0 aliphatic heterocycles. The standard InChI is InChI=1S/C26H21/c1-21-13-11-12-20-25(21)26(22-14-5-2-6-15-22,23-16-7-3-8-17-23)24-18-9-4-10-19-24/h2-20H,1H2. The van der Waals surface area contributed by atoms with Crippen LogP contribution in [0.15, 0.2) is 115 Å². The summed E-state index contributed by atoms with van der Waals surface area (Å²) < 4.78 is 0. The van der Waals surface area contributed by atoms with Crippen molar-refractivity contribution in [1.82, 2.24) is 0 Å². The van der Waals surface area contributed by atoms with Gasteiger partial charge in [0.2, 0.25) is 0 Å². The van der Waals surface area contributed by atoms with Crippen molar-refractivity contribution in [2.75, 3.05) is 0 Å². The van der Waals surface area contributed by atoms with Gasteiger partial charge < -0.3 is 0 Å². The molecule has 0 bridgehead atoms. The molecule has 0 aliphatic rings. The monoisotopic (exact) mass is 333 g/mol. The molecule has 0 aromatic heterocycles. The summed E-state index contributed by atoms with van der Waals surface area (Å²) in [7, 11) is 0. The van der Waals surface area contributed by atoms with E-state index in [0.29, 0.717) is 0 Å². The lowest BCUT2D eigenvalue weighted by molar-refractivity contribution is 0.741. The van der Waals surface area contributed by atoms with E-state index in [0.717, 1.165) is 5.56 Å². The molecule has 0 atom stereocenters. The van der Waals surface area contributed by atoms with Gasteiger partial charge in [0.15, 0.2) is 0 Å². The van der Waals surface area contributed by atoms with Crippen molar-refractivity contribution in [2.24, 2.45) is 0 Å². The molecule has 0 N–H and O–H groups in total. The van der Waals surface area contributed by atoms with Crippen LogP contribution in [0.5, 0.6) is 0 Å². The van der Waals surface area contributed by atoms with Gasteiger partial charge >= 0.3 is 0 Å². The van der Waals surface area contributed by atoms with Gasteiger partial charge in [-0.15, -0.1) is 0 Å². The minimum atomic E-state index is -0.401. The molecule has 4 aromatic carbocycles. The Morgan fingerprint density at radius 1 is 0.423 bits per heavy atom. The first-order chi connectivity index (χ1) is 12.8. The van der Waals surface area contributed by atoms with E-state index >= 15 is 0 Å². The Balaban J connectivity index is 2.17. The molecule has 0 nitrogen and oxygen atoms in total. The van der Waals surface area contributed by atoms with Crippen LogP contribution in [0.1, 0.15) is 27.8 Å². The maximum absolute atomic E-state index is 4.36. The Hall–Kier alpha value is -3.12. The lowest BCUT2D eigenvalue weighted by atomic mass is 9.64. The number of hydrogen-bond acceptors (Lipinski definition) is 0. The van der Waals surface area contributed by atoms with E-state index in [1.54, 1.807) is 0 Å². The van der Waals surface area contributed by atoms with E-state index in [2.05, 4.69) is 122 Å². The summed E-state index contributed by atoms with van der Waals surface area (Å²) in [6, 6.07) is 40.6. The van der Waals surface area contributed by atoms with E-state index in [4.69, 9.17) is 0 Å².